The second kappa shape index (κ2) is 9.00. The van der Waals surface area contributed by atoms with Gasteiger partial charge in [0.05, 0.1) is 4.90 Å². The van der Waals surface area contributed by atoms with Crippen molar-refractivity contribution in [3.8, 4) is 0 Å². The smallest absolute Gasteiger partial charge is 0.240 e. The first kappa shape index (κ1) is 18.8. The van der Waals surface area contributed by atoms with E-state index in [9.17, 15) is 8.42 Å². The summed E-state index contributed by atoms with van der Waals surface area (Å²) in [4.78, 5) is 0.257. The van der Waals surface area contributed by atoms with Gasteiger partial charge in [-0.25, -0.2) is 13.1 Å². The van der Waals surface area contributed by atoms with E-state index in [1.54, 1.807) is 19.2 Å². The quantitative estimate of drug-likeness (QED) is 0.672. The van der Waals surface area contributed by atoms with E-state index in [1.165, 1.54) is 6.07 Å². The van der Waals surface area contributed by atoms with Crippen molar-refractivity contribution in [3.05, 3.63) is 28.8 Å². The van der Waals surface area contributed by atoms with Crippen LogP contribution in [-0.2, 0) is 16.6 Å². The topological polar surface area (TPSA) is 58.2 Å². The Morgan fingerprint density at radius 2 is 2.10 bits per heavy atom. The van der Waals surface area contributed by atoms with Gasteiger partial charge in [0.1, 0.15) is 0 Å². The van der Waals surface area contributed by atoms with Crippen molar-refractivity contribution in [1.29, 1.82) is 0 Å². The van der Waals surface area contributed by atoms with Crippen molar-refractivity contribution in [2.75, 3.05) is 18.6 Å². The Labute approximate surface area is 137 Å². The van der Waals surface area contributed by atoms with Crippen LogP contribution < -0.4 is 10.0 Å². The molecule has 0 saturated heterocycles. The number of nitrogens with one attached hydrogen (secondary N) is 2. The van der Waals surface area contributed by atoms with Gasteiger partial charge >= 0.3 is 0 Å². The molecule has 0 bridgehead atoms. The lowest BCUT2D eigenvalue weighted by atomic mass is 10.2. The van der Waals surface area contributed by atoms with Gasteiger partial charge in [-0.15, -0.1) is 0 Å². The molecule has 2 N–H and O–H groups in total. The number of halogens is 1. The van der Waals surface area contributed by atoms with Crippen molar-refractivity contribution in [2.45, 2.75) is 37.8 Å². The fourth-order valence-electron chi connectivity index (χ4n) is 1.84. The van der Waals surface area contributed by atoms with Crippen LogP contribution in [0.1, 0.15) is 25.8 Å². The van der Waals surface area contributed by atoms with E-state index in [2.05, 4.69) is 17.0 Å². The molecule has 1 rings (SSSR count). The molecule has 0 aliphatic heterocycles. The Kier molecular flexibility index (Phi) is 8.05. The zero-order valence-corrected chi connectivity index (χ0v) is 15.0. The van der Waals surface area contributed by atoms with E-state index in [-0.39, 0.29) is 10.9 Å². The first-order chi connectivity index (χ1) is 9.90. The maximum Gasteiger partial charge on any atom is 0.240 e. The summed E-state index contributed by atoms with van der Waals surface area (Å²) in [6.45, 7) is 4.51. The van der Waals surface area contributed by atoms with Gasteiger partial charge in [-0.2, -0.15) is 11.8 Å². The number of rotatable bonds is 9. The molecule has 0 heterocycles. The molecule has 1 aromatic rings. The highest BCUT2D eigenvalue weighted by Crippen LogP contribution is 2.20. The summed E-state index contributed by atoms with van der Waals surface area (Å²) in [5.41, 5.74) is 0.774. The van der Waals surface area contributed by atoms with E-state index in [0.717, 1.165) is 23.5 Å². The molecule has 1 unspecified atom stereocenters. The molecule has 7 heteroatoms. The third-order valence-electron chi connectivity index (χ3n) is 2.95. The number of thioether (sulfide) groups is 1. The van der Waals surface area contributed by atoms with Crippen molar-refractivity contribution >= 4 is 33.4 Å². The summed E-state index contributed by atoms with van der Waals surface area (Å²) < 4.78 is 27.4. The first-order valence-electron chi connectivity index (χ1n) is 6.93. The fraction of sp³-hybridized carbons (Fsp3) is 0.571. The average molecular weight is 351 g/mol. The van der Waals surface area contributed by atoms with Crippen LogP contribution in [0.3, 0.4) is 0 Å². The van der Waals surface area contributed by atoms with Crippen LogP contribution >= 0.6 is 23.4 Å². The number of sulfonamides is 1. The van der Waals surface area contributed by atoms with E-state index in [1.807, 2.05) is 18.7 Å². The summed E-state index contributed by atoms with van der Waals surface area (Å²) in [7, 11) is -1.71. The Hall–Kier alpha value is -0.270. The molecule has 1 aromatic carbocycles. The van der Waals surface area contributed by atoms with Crippen molar-refractivity contribution in [2.24, 2.45) is 0 Å². The van der Waals surface area contributed by atoms with Gasteiger partial charge in [0.2, 0.25) is 10.0 Å². The van der Waals surface area contributed by atoms with Gasteiger partial charge in [0.25, 0.3) is 0 Å². The normalized spacial score (nSPS) is 13.3. The van der Waals surface area contributed by atoms with Crippen LogP contribution in [-0.4, -0.2) is 33.0 Å². The molecule has 21 heavy (non-hydrogen) atoms. The Bertz CT molecular complexity index is 550. The third kappa shape index (κ3) is 6.16. The molecular formula is C14H23ClN2O2S2. The number of benzene rings is 1. The highest BCUT2D eigenvalue weighted by atomic mass is 35.5. The van der Waals surface area contributed by atoms with Gasteiger partial charge in [-0.1, -0.05) is 18.5 Å². The van der Waals surface area contributed by atoms with Gasteiger partial charge < -0.3 is 5.32 Å². The average Bonchev–Trinajstić information content (AvgIpc) is 2.41. The predicted molar refractivity (Wildman–Crippen MR) is 91.6 cm³/mol. The fourth-order valence-corrected chi connectivity index (χ4v) is 4.16. The predicted octanol–water partition coefficient (Wildman–Crippen LogP) is 2.87. The Morgan fingerprint density at radius 1 is 1.38 bits per heavy atom. The monoisotopic (exact) mass is 350 g/mol. The van der Waals surface area contributed by atoms with Gasteiger partial charge in [-0.3, -0.25) is 0 Å². The lowest BCUT2D eigenvalue weighted by molar-refractivity contribution is 0.557. The lowest BCUT2D eigenvalue weighted by Gasteiger charge is -2.15. The zero-order valence-electron chi connectivity index (χ0n) is 12.6. The number of hydrogen-bond acceptors (Lipinski definition) is 4. The standard InChI is InChI=1S/C14H23ClN2O2S2/c1-4-20-8-7-11(2)17-21(18,19)13-5-6-14(15)12(9-13)10-16-3/h5-6,9,11,16-17H,4,7-8,10H2,1-3H3. The van der Waals surface area contributed by atoms with Crippen molar-refractivity contribution in [3.63, 3.8) is 0 Å². The van der Waals surface area contributed by atoms with Crippen LogP contribution in [0.4, 0.5) is 0 Å². The third-order valence-corrected chi connectivity index (χ3v) is 5.84. The molecule has 0 aliphatic carbocycles. The number of hydrogen-bond donors (Lipinski definition) is 2. The van der Waals surface area contributed by atoms with Crippen LogP contribution in [0.25, 0.3) is 0 Å². The molecule has 0 fully saturated rings. The van der Waals surface area contributed by atoms with E-state index in [0.29, 0.717) is 11.6 Å². The minimum Gasteiger partial charge on any atom is -0.316 e. The first-order valence-corrected chi connectivity index (χ1v) is 9.95. The second-order valence-electron chi connectivity index (χ2n) is 4.79. The minimum atomic E-state index is -3.50. The molecule has 4 nitrogen and oxygen atoms in total. The summed E-state index contributed by atoms with van der Waals surface area (Å²) >= 11 is 7.87. The summed E-state index contributed by atoms with van der Waals surface area (Å²) in [5, 5.41) is 3.54. The summed E-state index contributed by atoms with van der Waals surface area (Å²) in [6.07, 6.45) is 0.814. The highest BCUT2D eigenvalue weighted by Gasteiger charge is 2.18. The summed E-state index contributed by atoms with van der Waals surface area (Å²) in [5.74, 6) is 2.00. The van der Waals surface area contributed by atoms with Crippen LogP contribution in [0, 0.1) is 0 Å². The van der Waals surface area contributed by atoms with Crippen LogP contribution in [0.15, 0.2) is 23.1 Å². The minimum absolute atomic E-state index is 0.0857. The highest BCUT2D eigenvalue weighted by molar-refractivity contribution is 7.99. The van der Waals surface area contributed by atoms with Crippen LogP contribution in [0.5, 0.6) is 0 Å². The van der Waals surface area contributed by atoms with Gasteiger partial charge in [-0.05, 0) is 55.7 Å². The van der Waals surface area contributed by atoms with Gasteiger partial charge in [0, 0.05) is 17.6 Å². The second-order valence-corrected chi connectivity index (χ2v) is 8.31. The van der Waals surface area contributed by atoms with Crippen molar-refractivity contribution in [1.82, 2.24) is 10.0 Å². The van der Waals surface area contributed by atoms with E-state index < -0.39 is 10.0 Å². The maximum atomic E-state index is 12.4. The molecule has 0 aliphatic rings. The molecule has 0 saturated carbocycles. The summed E-state index contributed by atoms with van der Waals surface area (Å²) in [6, 6.07) is 4.70. The molecule has 0 amide bonds. The largest absolute Gasteiger partial charge is 0.316 e. The molecule has 120 valence electrons. The Balaban J connectivity index is 2.80. The Morgan fingerprint density at radius 3 is 2.71 bits per heavy atom. The SMILES string of the molecule is CCSCCC(C)NS(=O)(=O)c1ccc(Cl)c(CNC)c1. The molecule has 0 aromatic heterocycles. The van der Waals surface area contributed by atoms with Crippen molar-refractivity contribution < 1.29 is 8.42 Å². The van der Waals surface area contributed by atoms with E-state index in [4.69, 9.17) is 11.6 Å². The van der Waals surface area contributed by atoms with E-state index >= 15 is 0 Å². The maximum absolute atomic E-state index is 12.4. The van der Waals surface area contributed by atoms with Crippen LogP contribution in [0.2, 0.25) is 5.02 Å². The zero-order chi connectivity index (χ0) is 15.9. The lowest BCUT2D eigenvalue weighted by Crippen LogP contribution is -2.33. The molecular weight excluding hydrogens is 328 g/mol. The van der Waals surface area contributed by atoms with Gasteiger partial charge in [0.15, 0.2) is 0 Å². The molecule has 0 radical (unpaired) electrons. The molecule has 0 spiro atoms. The molecule has 1 atom stereocenters.